The van der Waals surface area contributed by atoms with Gasteiger partial charge in [0, 0.05) is 18.0 Å². The molecule has 0 bridgehead atoms. The summed E-state index contributed by atoms with van der Waals surface area (Å²) in [5.41, 5.74) is 0.405. The van der Waals surface area contributed by atoms with Crippen molar-refractivity contribution in [2.75, 3.05) is 0 Å². The zero-order chi connectivity index (χ0) is 25.7. The maximum Gasteiger partial charge on any atom is 0.270 e. The van der Waals surface area contributed by atoms with Crippen molar-refractivity contribution in [3.63, 3.8) is 0 Å². The molecule has 0 spiro atoms. The van der Waals surface area contributed by atoms with Crippen LogP contribution < -0.4 is 10.6 Å². The second kappa shape index (κ2) is 10.8. The molecule has 3 aromatic rings. The van der Waals surface area contributed by atoms with Crippen LogP contribution in [0.3, 0.4) is 0 Å². The van der Waals surface area contributed by atoms with E-state index in [1.807, 2.05) is 0 Å². The Kier molecular flexibility index (Phi) is 7.80. The van der Waals surface area contributed by atoms with Gasteiger partial charge < -0.3 is 20.8 Å². The maximum absolute atomic E-state index is 13.5. The summed E-state index contributed by atoms with van der Waals surface area (Å²) >= 11 is 0. The summed E-state index contributed by atoms with van der Waals surface area (Å²) in [6.07, 6.45) is 2.75. The van der Waals surface area contributed by atoms with Gasteiger partial charge in [0.2, 0.25) is 17.7 Å². The summed E-state index contributed by atoms with van der Waals surface area (Å²) < 4.78 is 13.5. The zero-order valence-electron chi connectivity index (χ0n) is 19.4. The SMILES string of the molecule is Cc1c(O)[nH]c(O)c1C(=O)[C@@H](NC(=O)CC(NC(=O)c1cccc(F)n1)c1cccnc1)C(C)C. The van der Waals surface area contributed by atoms with E-state index in [1.54, 1.807) is 26.0 Å². The Balaban J connectivity index is 1.80. The summed E-state index contributed by atoms with van der Waals surface area (Å²) in [5.74, 6) is -3.84. The number of H-pyrrole nitrogens is 1. The lowest BCUT2D eigenvalue weighted by molar-refractivity contribution is -0.122. The lowest BCUT2D eigenvalue weighted by Crippen LogP contribution is -2.45. The number of Topliss-reactive ketones (excluding diaryl/α,β-unsaturated/α-hetero) is 1. The fourth-order valence-corrected chi connectivity index (χ4v) is 3.58. The maximum atomic E-state index is 13.5. The smallest absolute Gasteiger partial charge is 0.270 e. The number of aromatic amines is 1. The Hall–Kier alpha value is -4.28. The van der Waals surface area contributed by atoms with Gasteiger partial charge >= 0.3 is 0 Å². The highest BCUT2D eigenvalue weighted by Crippen LogP contribution is 2.30. The van der Waals surface area contributed by atoms with Gasteiger partial charge in [-0.15, -0.1) is 0 Å². The standard InChI is InChI=1S/C24H26FN5O5/c1-12(2)20(21(32)19-13(3)22(33)30-24(19)35)29-18(31)10-16(14-6-5-9-26-11-14)28-23(34)15-7-4-8-17(25)27-15/h4-9,11-12,16,20,30,33,35H,10H2,1-3H3,(H,28,34)(H,29,31)/t16?,20-/m0/s1. The van der Waals surface area contributed by atoms with Crippen LogP contribution in [0, 0.1) is 18.8 Å². The Morgan fingerprint density at radius 1 is 1.09 bits per heavy atom. The van der Waals surface area contributed by atoms with Crippen molar-refractivity contribution in [1.82, 2.24) is 25.6 Å². The monoisotopic (exact) mass is 483 g/mol. The van der Waals surface area contributed by atoms with Crippen molar-refractivity contribution in [1.29, 1.82) is 0 Å². The fourth-order valence-electron chi connectivity index (χ4n) is 3.58. The number of aromatic hydroxyl groups is 2. The number of hydrogen-bond donors (Lipinski definition) is 5. The molecule has 2 amide bonds. The Morgan fingerprint density at radius 3 is 2.40 bits per heavy atom. The largest absolute Gasteiger partial charge is 0.494 e. The minimum atomic E-state index is -1.02. The van der Waals surface area contributed by atoms with Gasteiger partial charge in [-0.05, 0) is 36.6 Å². The summed E-state index contributed by atoms with van der Waals surface area (Å²) in [5, 5.41) is 25.1. The zero-order valence-corrected chi connectivity index (χ0v) is 19.4. The first kappa shape index (κ1) is 25.3. The van der Waals surface area contributed by atoms with E-state index < -0.39 is 41.5 Å². The van der Waals surface area contributed by atoms with Gasteiger partial charge in [0.1, 0.15) is 5.69 Å². The van der Waals surface area contributed by atoms with E-state index in [-0.39, 0.29) is 35.0 Å². The fraction of sp³-hybridized carbons (Fsp3) is 0.292. The number of carbonyl (C=O) groups is 3. The Morgan fingerprint density at radius 2 is 1.83 bits per heavy atom. The molecule has 1 unspecified atom stereocenters. The first-order valence-corrected chi connectivity index (χ1v) is 10.9. The molecule has 0 aliphatic rings. The molecular weight excluding hydrogens is 457 g/mol. The van der Waals surface area contributed by atoms with E-state index in [4.69, 9.17) is 0 Å². The van der Waals surface area contributed by atoms with E-state index in [2.05, 4.69) is 25.6 Å². The van der Waals surface area contributed by atoms with Crippen molar-refractivity contribution in [2.45, 2.75) is 39.3 Å². The molecular formula is C24H26FN5O5. The highest BCUT2D eigenvalue weighted by Gasteiger charge is 2.31. The van der Waals surface area contributed by atoms with Crippen LogP contribution >= 0.6 is 0 Å². The number of nitrogens with one attached hydrogen (secondary N) is 3. The number of aromatic nitrogens is 3. The molecule has 11 heteroatoms. The second-order valence-corrected chi connectivity index (χ2v) is 8.34. The molecule has 0 aromatic carbocycles. The predicted molar refractivity (Wildman–Crippen MR) is 123 cm³/mol. The molecule has 10 nitrogen and oxygen atoms in total. The van der Waals surface area contributed by atoms with Crippen molar-refractivity contribution in [3.05, 3.63) is 71.1 Å². The number of ketones is 1. The summed E-state index contributed by atoms with van der Waals surface area (Å²) in [6, 6.07) is 5.23. The third-order valence-corrected chi connectivity index (χ3v) is 5.45. The Bertz CT molecular complexity index is 1230. The molecule has 0 fully saturated rings. The number of nitrogens with zero attached hydrogens (tertiary/aromatic N) is 2. The van der Waals surface area contributed by atoms with Gasteiger partial charge in [0.15, 0.2) is 11.7 Å². The number of rotatable bonds is 9. The molecule has 3 rings (SSSR count). The van der Waals surface area contributed by atoms with E-state index >= 15 is 0 Å². The minimum absolute atomic E-state index is 0.115. The number of hydrogen-bond acceptors (Lipinski definition) is 7. The molecule has 0 saturated heterocycles. The average molecular weight is 484 g/mol. The molecule has 0 saturated carbocycles. The molecule has 184 valence electrons. The Labute approximate surface area is 200 Å². The lowest BCUT2D eigenvalue weighted by Gasteiger charge is -2.24. The quantitative estimate of drug-likeness (QED) is 0.231. The van der Waals surface area contributed by atoms with Crippen LogP contribution in [0.15, 0.2) is 42.7 Å². The number of halogens is 1. The molecule has 0 aliphatic carbocycles. The number of amides is 2. The number of carbonyl (C=O) groups excluding carboxylic acids is 3. The van der Waals surface area contributed by atoms with Gasteiger partial charge in [-0.25, -0.2) is 4.98 Å². The molecule has 35 heavy (non-hydrogen) atoms. The van der Waals surface area contributed by atoms with Gasteiger partial charge in [0.25, 0.3) is 5.91 Å². The molecule has 2 atom stereocenters. The van der Waals surface area contributed by atoms with Crippen molar-refractivity contribution >= 4 is 17.6 Å². The van der Waals surface area contributed by atoms with Crippen LogP contribution in [0.25, 0.3) is 0 Å². The minimum Gasteiger partial charge on any atom is -0.494 e. The summed E-state index contributed by atoms with van der Waals surface area (Å²) in [6.45, 7) is 4.90. The topological polar surface area (TPSA) is 157 Å². The van der Waals surface area contributed by atoms with Crippen LogP contribution in [-0.2, 0) is 4.79 Å². The van der Waals surface area contributed by atoms with Crippen LogP contribution in [-0.4, -0.2) is 48.8 Å². The van der Waals surface area contributed by atoms with Crippen molar-refractivity contribution < 1.29 is 29.0 Å². The van der Waals surface area contributed by atoms with Gasteiger partial charge in [-0.3, -0.25) is 24.4 Å². The predicted octanol–water partition coefficient (Wildman–Crippen LogP) is 2.55. The summed E-state index contributed by atoms with van der Waals surface area (Å²) in [7, 11) is 0. The van der Waals surface area contributed by atoms with Gasteiger partial charge in [-0.1, -0.05) is 26.0 Å². The lowest BCUT2D eigenvalue weighted by atomic mass is 9.93. The second-order valence-electron chi connectivity index (χ2n) is 8.34. The first-order chi connectivity index (χ1) is 16.6. The molecule has 3 aromatic heterocycles. The van der Waals surface area contributed by atoms with Gasteiger partial charge in [0.05, 0.1) is 24.1 Å². The average Bonchev–Trinajstić information content (AvgIpc) is 3.07. The van der Waals surface area contributed by atoms with E-state index in [9.17, 15) is 29.0 Å². The highest BCUT2D eigenvalue weighted by molar-refractivity contribution is 6.05. The van der Waals surface area contributed by atoms with E-state index in [0.29, 0.717) is 5.56 Å². The van der Waals surface area contributed by atoms with Gasteiger partial charge in [-0.2, -0.15) is 4.39 Å². The molecule has 3 heterocycles. The van der Waals surface area contributed by atoms with Crippen molar-refractivity contribution in [2.24, 2.45) is 5.92 Å². The van der Waals surface area contributed by atoms with E-state index in [0.717, 1.165) is 6.07 Å². The van der Waals surface area contributed by atoms with Crippen LogP contribution in [0.4, 0.5) is 4.39 Å². The summed E-state index contributed by atoms with van der Waals surface area (Å²) in [4.78, 5) is 48.6. The third kappa shape index (κ3) is 5.99. The van der Waals surface area contributed by atoms with Crippen molar-refractivity contribution in [3.8, 4) is 11.8 Å². The molecule has 0 radical (unpaired) electrons. The van der Waals surface area contributed by atoms with Crippen LogP contribution in [0.1, 0.15) is 58.3 Å². The first-order valence-electron chi connectivity index (χ1n) is 10.9. The molecule has 0 aliphatic heterocycles. The van der Waals surface area contributed by atoms with Crippen LogP contribution in [0.5, 0.6) is 11.8 Å². The van der Waals surface area contributed by atoms with Crippen LogP contribution in [0.2, 0.25) is 0 Å². The highest BCUT2D eigenvalue weighted by atomic mass is 19.1. The molecule has 5 N–H and O–H groups in total. The van der Waals surface area contributed by atoms with E-state index in [1.165, 1.54) is 31.5 Å². The third-order valence-electron chi connectivity index (χ3n) is 5.45. The normalized spacial score (nSPS) is 12.7. The number of pyridine rings is 2.